The average Bonchev–Trinajstić information content (AvgIpc) is 2.87. The summed E-state index contributed by atoms with van der Waals surface area (Å²) in [5, 5.41) is 10.4. The minimum atomic E-state index is -0.842. The van der Waals surface area contributed by atoms with Gasteiger partial charge in [-0.1, -0.05) is 84.9 Å². The smallest absolute Gasteiger partial charge is 0.174 e. The molecule has 1 aliphatic rings. The summed E-state index contributed by atoms with van der Waals surface area (Å²) >= 11 is 0. The standard InChI is InChI=1S/C29H22O4/c30-23-17-9-7-15-21(23)27(31)25(19-11-3-1-4-12-19)26-28(32)22-16-8-10-18-24(22)33-29(26)20-13-5-2-6-14-20/h1-18,25-26,29-30H/t25-,26+,29-/m1/s1. The SMILES string of the molecule is O=C1c2ccccc2O[C@H](c2ccccc2)[C@H]1[C@H](C(=O)c1ccccc1O)c1ccccc1. The molecule has 0 saturated carbocycles. The molecule has 5 rings (SSSR count). The lowest BCUT2D eigenvalue weighted by atomic mass is 9.71. The maximum Gasteiger partial charge on any atom is 0.174 e. The highest BCUT2D eigenvalue weighted by Crippen LogP contribution is 2.46. The van der Waals surface area contributed by atoms with Crippen LogP contribution in [0.15, 0.2) is 109 Å². The first-order valence-electron chi connectivity index (χ1n) is 10.9. The minimum absolute atomic E-state index is 0.107. The average molecular weight is 434 g/mol. The molecule has 33 heavy (non-hydrogen) atoms. The topological polar surface area (TPSA) is 63.6 Å². The Bertz CT molecular complexity index is 1300. The Morgan fingerprint density at radius 1 is 0.758 bits per heavy atom. The van der Waals surface area contributed by atoms with Crippen LogP contribution in [0.25, 0.3) is 0 Å². The summed E-state index contributed by atoms with van der Waals surface area (Å²) in [6, 6.07) is 32.3. The maximum atomic E-state index is 13.9. The lowest BCUT2D eigenvalue weighted by Gasteiger charge is -2.37. The van der Waals surface area contributed by atoms with Crippen LogP contribution < -0.4 is 4.74 Å². The van der Waals surface area contributed by atoms with Gasteiger partial charge in [0.15, 0.2) is 11.6 Å². The van der Waals surface area contributed by atoms with Crippen molar-refractivity contribution in [2.45, 2.75) is 12.0 Å². The van der Waals surface area contributed by atoms with Gasteiger partial charge in [-0.15, -0.1) is 0 Å². The number of carbonyl (C=O) groups is 2. The molecule has 1 N–H and O–H groups in total. The van der Waals surface area contributed by atoms with Gasteiger partial charge in [-0.25, -0.2) is 0 Å². The second-order valence-electron chi connectivity index (χ2n) is 8.11. The van der Waals surface area contributed by atoms with Gasteiger partial charge in [0.1, 0.15) is 17.6 Å². The number of fused-ring (bicyclic) bond motifs is 1. The lowest BCUT2D eigenvalue weighted by Crippen LogP contribution is -2.39. The summed E-state index contributed by atoms with van der Waals surface area (Å²) in [5.41, 5.74) is 2.16. The molecule has 3 atom stereocenters. The number of ether oxygens (including phenoxy) is 1. The molecule has 0 spiro atoms. The molecule has 4 nitrogen and oxygen atoms in total. The molecular weight excluding hydrogens is 412 g/mol. The van der Waals surface area contributed by atoms with Crippen LogP contribution in [0.1, 0.15) is 43.9 Å². The summed E-state index contributed by atoms with van der Waals surface area (Å²) in [5.74, 6) is -1.72. The Morgan fingerprint density at radius 2 is 1.36 bits per heavy atom. The Hall–Kier alpha value is -4.18. The molecule has 4 aromatic rings. The van der Waals surface area contributed by atoms with Crippen LogP contribution >= 0.6 is 0 Å². The van der Waals surface area contributed by atoms with Gasteiger partial charge in [-0.2, -0.15) is 0 Å². The van der Waals surface area contributed by atoms with Crippen LogP contribution in [0.3, 0.4) is 0 Å². The molecule has 0 fully saturated rings. The first kappa shape index (κ1) is 20.7. The number of aromatic hydroxyl groups is 1. The van der Waals surface area contributed by atoms with Gasteiger partial charge in [0.2, 0.25) is 0 Å². The van der Waals surface area contributed by atoms with Gasteiger partial charge in [-0.05, 0) is 35.4 Å². The number of Topliss-reactive ketones (excluding diaryl/α,β-unsaturated/α-hetero) is 2. The van der Waals surface area contributed by atoms with E-state index in [9.17, 15) is 14.7 Å². The predicted molar refractivity (Wildman–Crippen MR) is 126 cm³/mol. The fourth-order valence-electron chi connectivity index (χ4n) is 4.58. The molecule has 4 heteroatoms. The van der Waals surface area contributed by atoms with Crippen molar-refractivity contribution in [3.63, 3.8) is 0 Å². The van der Waals surface area contributed by atoms with Gasteiger partial charge in [-0.3, -0.25) is 9.59 Å². The third-order valence-electron chi connectivity index (χ3n) is 6.13. The highest BCUT2D eigenvalue weighted by atomic mass is 16.5. The molecule has 0 bridgehead atoms. The van der Waals surface area contributed by atoms with Crippen molar-refractivity contribution in [2.75, 3.05) is 0 Å². The molecule has 0 aromatic heterocycles. The molecule has 0 unspecified atom stereocenters. The second-order valence-corrected chi connectivity index (χ2v) is 8.11. The molecule has 0 radical (unpaired) electrons. The summed E-state index contributed by atoms with van der Waals surface area (Å²) in [4.78, 5) is 27.9. The molecule has 0 saturated heterocycles. The lowest BCUT2D eigenvalue weighted by molar-refractivity contribution is 0.0548. The van der Waals surface area contributed by atoms with E-state index in [0.717, 1.165) is 5.56 Å². The summed E-state index contributed by atoms with van der Waals surface area (Å²) < 4.78 is 6.38. The van der Waals surface area contributed by atoms with Crippen LogP contribution in [0, 0.1) is 5.92 Å². The molecule has 0 amide bonds. The Kier molecular flexibility index (Phi) is 5.49. The van der Waals surface area contributed by atoms with E-state index >= 15 is 0 Å². The van der Waals surface area contributed by atoms with Gasteiger partial charge >= 0.3 is 0 Å². The number of benzene rings is 4. The fraction of sp³-hybridized carbons (Fsp3) is 0.103. The van der Waals surface area contributed by atoms with E-state index in [0.29, 0.717) is 16.9 Å². The Morgan fingerprint density at radius 3 is 2.09 bits per heavy atom. The van der Waals surface area contributed by atoms with Crippen LogP contribution in [-0.2, 0) is 0 Å². The molecule has 1 heterocycles. The van der Waals surface area contributed by atoms with E-state index in [1.807, 2.05) is 66.7 Å². The third kappa shape index (κ3) is 3.80. The number of phenolic OH excluding ortho intramolecular Hbond substituents is 1. The number of hydrogen-bond acceptors (Lipinski definition) is 4. The van der Waals surface area contributed by atoms with Gasteiger partial charge < -0.3 is 9.84 Å². The van der Waals surface area contributed by atoms with Crippen molar-refractivity contribution in [3.8, 4) is 11.5 Å². The first-order chi connectivity index (χ1) is 16.1. The van der Waals surface area contributed by atoms with Gasteiger partial charge in [0.25, 0.3) is 0 Å². The quantitative estimate of drug-likeness (QED) is 0.392. The van der Waals surface area contributed by atoms with Gasteiger partial charge in [0.05, 0.1) is 23.0 Å². The van der Waals surface area contributed by atoms with Crippen molar-refractivity contribution in [1.82, 2.24) is 0 Å². The van der Waals surface area contributed by atoms with E-state index < -0.39 is 17.9 Å². The first-order valence-corrected chi connectivity index (χ1v) is 10.9. The zero-order chi connectivity index (χ0) is 22.8. The number of rotatable bonds is 5. The summed E-state index contributed by atoms with van der Waals surface area (Å²) in [6.45, 7) is 0. The van der Waals surface area contributed by atoms with Crippen molar-refractivity contribution >= 4 is 11.6 Å². The van der Waals surface area contributed by atoms with Crippen molar-refractivity contribution in [2.24, 2.45) is 5.92 Å². The van der Waals surface area contributed by atoms with E-state index in [1.54, 1.807) is 36.4 Å². The van der Waals surface area contributed by atoms with Gasteiger partial charge in [0, 0.05) is 0 Å². The van der Waals surface area contributed by atoms with Crippen molar-refractivity contribution < 1.29 is 19.4 Å². The number of hydrogen-bond donors (Lipinski definition) is 1. The molecule has 0 aliphatic carbocycles. The summed E-state index contributed by atoms with van der Waals surface area (Å²) in [6.07, 6.45) is -0.659. The summed E-state index contributed by atoms with van der Waals surface area (Å²) in [7, 11) is 0. The van der Waals surface area contributed by atoms with Crippen molar-refractivity contribution in [1.29, 1.82) is 0 Å². The number of phenols is 1. The highest BCUT2D eigenvalue weighted by Gasteiger charge is 2.46. The number of carbonyl (C=O) groups excluding carboxylic acids is 2. The fourth-order valence-corrected chi connectivity index (χ4v) is 4.58. The molecule has 4 aromatic carbocycles. The monoisotopic (exact) mass is 434 g/mol. The van der Waals surface area contributed by atoms with Crippen LogP contribution in [-0.4, -0.2) is 16.7 Å². The normalized spacial score (nSPS) is 18.1. The van der Waals surface area contributed by atoms with E-state index in [1.165, 1.54) is 6.07 Å². The Labute approximate surface area is 192 Å². The second kappa shape index (κ2) is 8.75. The highest BCUT2D eigenvalue weighted by molar-refractivity contribution is 6.10. The van der Waals surface area contributed by atoms with Crippen LogP contribution in [0.4, 0.5) is 0 Å². The van der Waals surface area contributed by atoms with E-state index in [4.69, 9.17) is 4.74 Å². The Balaban J connectivity index is 1.71. The zero-order valence-electron chi connectivity index (χ0n) is 17.8. The minimum Gasteiger partial charge on any atom is -0.507 e. The molecule has 162 valence electrons. The number of para-hydroxylation sites is 2. The van der Waals surface area contributed by atoms with Crippen LogP contribution in [0.2, 0.25) is 0 Å². The zero-order valence-corrected chi connectivity index (χ0v) is 17.8. The van der Waals surface area contributed by atoms with Crippen LogP contribution in [0.5, 0.6) is 11.5 Å². The molecule has 1 aliphatic heterocycles. The maximum absolute atomic E-state index is 13.9. The predicted octanol–water partition coefficient (Wildman–Crippen LogP) is 5.99. The van der Waals surface area contributed by atoms with Crippen molar-refractivity contribution in [3.05, 3.63) is 131 Å². The van der Waals surface area contributed by atoms with E-state index in [-0.39, 0.29) is 22.9 Å². The molecular formula is C29H22O4. The third-order valence-corrected chi connectivity index (χ3v) is 6.13. The number of ketones is 2. The van der Waals surface area contributed by atoms with E-state index in [2.05, 4.69) is 0 Å². The largest absolute Gasteiger partial charge is 0.507 e.